The summed E-state index contributed by atoms with van der Waals surface area (Å²) >= 11 is 0. The molecule has 0 aromatic heterocycles. The van der Waals surface area contributed by atoms with E-state index in [1.54, 1.807) is 24.3 Å². The minimum absolute atomic E-state index is 0.0781. The number of rotatable bonds is 10. The van der Waals surface area contributed by atoms with Crippen molar-refractivity contribution in [3.8, 4) is 0 Å². The zero-order valence-corrected chi connectivity index (χ0v) is 31.1. The van der Waals surface area contributed by atoms with Gasteiger partial charge in [0.2, 0.25) is 0 Å². The first-order chi connectivity index (χ1) is 20.9. The van der Waals surface area contributed by atoms with E-state index in [4.69, 9.17) is 5.11 Å². The normalized spacial score (nSPS) is 19.2. The van der Waals surface area contributed by atoms with Crippen molar-refractivity contribution in [1.82, 2.24) is 10.2 Å². The van der Waals surface area contributed by atoms with Crippen LogP contribution in [0, 0.1) is 17.8 Å². The van der Waals surface area contributed by atoms with Crippen LogP contribution in [0.25, 0.3) is 0 Å². The second-order valence-electron chi connectivity index (χ2n) is 15.5. The third-order valence-electron chi connectivity index (χ3n) is 7.58. The van der Waals surface area contributed by atoms with Gasteiger partial charge in [-0.05, 0) is 82.4 Å². The summed E-state index contributed by atoms with van der Waals surface area (Å²) in [5.41, 5.74) is 1.86. The van der Waals surface area contributed by atoms with Gasteiger partial charge >= 0.3 is 5.97 Å². The van der Waals surface area contributed by atoms with Gasteiger partial charge in [-0.2, -0.15) is 0 Å². The van der Waals surface area contributed by atoms with Crippen LogP contribution in [0.4, 0.5) is 0 Å². The number of benzene rings is 1. The van der Waals surface area contributed by atoms with Crippen LogP contribution in [0.2, 0.25) is 0 Å². The van der Waals surface area contributed by atoms with Crippen LogP contribution in [-0.4, -0.2) is 52.4 Å². The highest BCUT2D eigenvalue weighted by Crippen LogP contribution is 2.35. The molecule has 0 bridgehead atoms. The zero-order valence-electron chi connectivity index (χ0n) is 31.1. The number of nitrogens with zero attached hydrogens (tertiary/aromatic N) is 2. The van der Waals surface area contributed by atoms with Crippen molar-refractivity contribution >= 4 is 18.1 Å². The van der Waals surface area contributed by atoms with Crippen molar-refractivity contribution in [2.24, 2.45) is 15.8 Å². The van der Waals surface area contributed by atoms with Crippen LogP contribution in [0.1, 0.15) is 156 Å². The number of hydrogen-bond acceptors (Lipinski definition) is 4. The van der Waals surface area contributed by atoms with Gasteiger partial charge in [0.05, 0.1) is 11.8 Å². The highest BCUT2D eigenvalue weighted by atomic mass is 16.4. The molecule has 1 aromatic carbocycles. The molecule has 1 amide bonds. The number of carboxylic acid groups (broad SMARTS) is 1. The van der Waals surface area contributed by atoms with Gasteiger partial charge in [-0.25, -0.2) is 4.79 Å². The van der Waals surface area contributed by atoms with Gasteiger partial charge in [0, 0.05) is 18.5 Å². The molecule has 1 saturated carbocycles. The van der Waals surface area contributed by atoms with E-state index in [1.807, 2.05) is 24.8 Å². The van der Waals surface area contributed by atoms with E-state index in [0.29, 0.717) is 16.4 Å². The maximum absolute atomic E-state index is 12.3. The summed E-state index contributed by atoms with van der Waals surface area (Å²) < 4.78 is 0. The fraction of sp³-hybridized carbons (Fsp3) is 0.718. The number of nitrogens with one attached hydrogen (secondary N) is 1. The van der Waals surface area contributed by atoms with Gasteiger partial charge < -0.3 is 15.3 Å². The molecule has 1 aromatic rings. The molecule has 0 radical (unpaired) electrons. The molecule has 1 aliphatic carbocycles. The van der Waals surface area contributed by atoms with Gasteiger partial charge in [0.15, 0.2) is 0 Å². The summed E-state index contributed by atoms with van der Waals surface area (Å²) in [7, 11) is 0. The zero-order chi connectivity index (χ0) is 34.7. The Morgan fingerprint density at radius 1 is 1.07 bits per heavy atom. The fourth-order valence-corrected chi connectivity index (χ4v) is 5.34. The molecule has 258 valence electrons. The minimum atomic E-state index is -0.875. The summed E-state index contributed by atoms with van der Waals surface area (Å²) in [6, 6.07) is 7.84. The molecule has 2 N–H and O–H groups in total. The molecule has 6 heteroatoms. The Morgan fingerprint density at radius 2 is 1.62 bits per heavy atom. The summed E-state index contributed by atoms with van der Waals surface area (Å²) in [5, 5.41) is 12.0. The summed E-state index contributed by atoms with van der Waals surface area (Å²) in [4.78, 5) is 29.3. The van der Waals surface area contributed by atoms with E-state index in [1.165, 1.54) is 38.3 Å². The lowest BCUT2D eigenvalue weighted by Crippen LogP contribution is -2.51. The van der Waals surface area contributed by atoms with Crippen molar-refractivity contribution in [1.29, 1.82) is 0 Å². The lowest BCUT2D eigenvalue weighted by atomic mass is 9.87. The Kier molecular flexibility index (Phi) is 20.2. The maximum atomic E-state index is 12.3. The van der Waals surface area contributed by atoms with E-state index in [0.717, 1.165) is 50.3 Å². The third kappa shape index (κ3) is 19.6. The largest absolute Gasteiger partial charge is 0.478 e. The first-order valence-electron chi connectivity index (χ1n) is 17.4. The van der Waals surface area contributed by atoms with Crippen molar-refractivity contribution in [3.63, 3.8) is 0 Å². The van der Waals surface area contributed by atoms with Gasteiger partial charge in [-0.3, -0.25) is 9.79 Å². The van der Waals surface area contributed by atoms with Crippen LogP contribution in [0.5, 0.6) is 0 Å². The molecule has 2 unspecified atom stereocenters. The Morgan fingerprint density at radius 3 is 2.07 bits per heavy atom. The third-order valence-corrected chi connectivity index (χ3v) is 7.58. The summed E-state index contributed by atoms with van der Waals surface area (Å²) in [6.45, 7) is 27.1. The molecule has 3 rings (SSSR count). The van der Waals surface area contributed by atoms with Crippen molar-refractivity contribution < 1.29 is 14.7 Å². The quantitative estimate of drug-likeness (QED) is 0.253. The average Bonchev–Trinajstić information content (AvgIpc) is 3.27. The number of aryl methyl sites for hydroxylation is 1. The fourth-order valence-electron chi connectivity index (χ4n) is 5.34. The second-order valence-corrected chi connectivity index (χ2v) is 15.5. The monoisotopic (exact) mass is 628 g/mol. The number of carbonyl (C=O) groups excluding carboxylic acids is 1. The second kappa shape index (κ2) is 21.3. The predicted octanol–water partition coefficient (Wildman–Crippen LogP) is 10.3. The highest BCUT2D eigenvalue weighted by Gasteiger charge is 2.43. The lowest BCUT2D eigenvalue weighted by Gasteiger charge is -2.40. The molecule has 1 aliphatic heterocycles. The number of carbonyl (C=O) groups is 2. The van der Waals surface area contributed by atoms with Gasteiger partial charge in [-0.1, -0.05) is 118 Å². The van der Waals surface area contributed by atoms with Crippen LogP contribution < -0.4 is 5.32 Å². The van der Waals surface area contributed by atoms with Crippen molar-refractivity contribution in [2.75, 3.05) is 6.54 Å². The maximum Gasteiger partial charge on any atom is 0.335 e. The Hall–Kier alpha value is -2.47. The molecule has 45 heavy (non-hydrogen) atoms. The molecule has 0 spiro atoms. The lowest BCUT2D eigenvalue weighted by molar-refractivity contribution is -0.130. The van der Waals surface area contributed by atoms with Crippen LogP contribution in [-0.2, 0) is 4.79 Å². The van der Waals surface area contributed by atoms with Gasteiger partial charge in [0.25, 0.3) is 5.91 Å². The average molecular weight is 628 g/mol. The molecule has 1 heterocycles. The summed E-state index contributed by atoms with van der Waals surface area (Å²) in [5.74, 6) is -0.797. The van der Waals surface area contributed by atoms with Crippen LogP contribution in [0.3, 0.4) is 0 Å². The van der Waals surface area contributed by atoms with E-state index >= 15 is 0 Å². The topological polar surface area (TPSA) is 82.0 Å². The molecule has 6 nitrogen and oxygen atoms in total. The number of aliphatic imine (C=N–C) groups is 1. The number of amides is 1. The molecule has 0 saturated heterocycles. The van der Waals surface area contributed by atoms with Crippen LogP contribution in [0.15, 0.2) is 41.4 Å². The van der Waals surface area contributed by atoms with Crippen LogP contribution >= 0.6 is 0 Å². The SMILES string of the molecule is CC(C)(C)C.CC=CCC1(CCC)N=CC(=O)N1C(C)CCC(C)(C)C.CCNC1CCCCC1.Cc1ccc(C(=O)O)cc1. The molecular weight excluding hydrogens is 558 g/mol. The van der Waals surface area contributed by atoms with E-state index in [-0.39, 0.29) is 17.6 Å². The smallest absolute Gasteiger partial charge is 0.335 e. The van der Waals surface area contributed by atoms with Gasteiger partial charge in [-0.15, -0.1) is 0 Å². The minimum Gasteiger partial charge on any atom is -0.478 e. The Bertz CT molecular complexity index is 1000. The number of aromatic carboxylic acids is 1. The number of hydrogen-bond donors (Lipinski definition) is 2. The first-order valence-corrected chi connectivity index (χ1v) is 17.4. The van der Waals surface area contributed by atoms with E-state index in [2.05, 4.69) is 85.6 Å². The molecule has 2 atom stereocenters. The molecule has 1 fully saturated rings. The Labute approximate surface area is 277 Å². The van der Waals surface area contributed by atoms with E-state index in [9.17, 15) is 9.59 Å². The highest BCUT2D eigenvalue weighted by molar-refractivity contribution is 6.28. The first kappa shape index (κ1) is 42.5. The summed E-state index contributed by atoms with van der Waals surface area (Å²) in [6.07, 6.45) is 17.8. The van der Waals surface area contributed by atoms with E-state index < -0.39 is 5.97 Å². The Balaban J connectivity index is 0.000000665. The van der Waals surface area contributed by atoms with Gasteiger partial charge in [0.1, 0.15) is 5.66 Å². The number of allylic oxidation sites excluding steroid dienone is 1. The molecule has 2 aliphatic rings. The standard InChI is InChI=1S/C18H32N2O.C8H17N.C8H8O2.C5H12/c1-7-9-12-18(11-8-2)19-14-16(21)20(18)15(3)10-13-17(4,5)6;1-2-9-8-6-4-3-5-7-8;1-6-2-4-7(5-3-6)8(9)10;1-5(2,3)4/h7,9,14-15H,8,10-13H2,1-6H3;8-9H,2-7H2,1H3;2-5H,1H3,(H,9,10);1-4H3. The number of carboxylic acids is 1. The predicted molar refractivity (Wildman–Crippen MR) is 194 cm³/mol. The van der Waals surface area contributed by atoms with Crippen molar-refractivity contribution in [2.45, 2.75) is 165 Å². The molecular formula is C39H69N3O3. The van der Waals surface area contributed by atoms with Crippen molar-refractivity contribution in [3.05, 3.63) is 47.5 Å².